The van der Waals surface area contributed by atoms with Gasteiger partial charge in [0.1, 0.15) is 16.8 Å². The van der Waals surface area contributed by atoms with Crippen LogP contribution in [0.2, 0.25) is 5.15 Å². The molecule has 1 N–H and O–H groups in total. The quantitative estimate of drug-likeness (QED) is 0.835. The molecule has 5 heteroatoms. The molecule has 1 aliphatic carbocycles. The standard InChI is InChI=1S/C13H20ClN3O/c1-3-5-12-16-11(14)8-13(17-12)15-9-6-4-7-10(9)18-2/h8-10H,3-7H2,1-2H3,(H,15,16,17). The van der Waals surface area contributed by atoms with Crippen molar-refractivity contribution in [1.82, 2.24) is 9.97 Å². The van der Waals surface area contributed by atoms with Crippen molar-refractivity contribution >= 4 is 17.4 Å². The summed E-state index contributed by atoms with van der Waals surface area (Å²) < 4.78 is 5.47. The van der Waals surface area contributed by atoms with Crippen LogP contribution in [0.3, 0.4) is 0 Å². The first kappa shape index (κ1) is 13.6. The van der Waals surface area contributed by atoms with Crippen LogP contribution in [-0.2, 0) is 11.2 Å². The minimum Gasteiger partial charge on any atom is -0.379 e. The number of halogens is 1. The lowest BCUT2D eigenvalue weighted by molar-refractivity contribution is 0.101. The molecule has 0 bridgehead atoms. The Morgan fingerprint density at radius 2 is 2.28 bits per heavy atom. The first-order valence-corrected chi connectivity index (χ1v) is 6.93. The molecule has 1 aliphatic rings. The van der Waals surface area contributed by atoms with Crippen molar-refractivity contribution in [1.29, 1.82) is 0 Å². The predicted molar refractivity (Wildman–Crippen MR) is 73.1 cm³/mol. The Kier molecular flexibility index (Phi) is 4.78. The van der Waals surface area contributed by atoms with E-state index in [0.29, 0.717) is 11.2 Å². The van der Waals surface area contributed by atoms with Gasteiger partial charge in [0.25, 0.3) is 0 Å². The van der Waals surface area contributed by atoms with Gasteiger partial charge in [-0.05, 0) is 25.7 Å². The second-order valence-electron chi connectivity index (χ2n) is 4.70. The van der Waals surface area contributed by atoms with Gasteiger partial charge in [-0.2, -0.15) is 0 Å². The molecule has 18 heavy (non-hydrogen) atoms. The Hall–Kier alpha value is -0.870. The fourth-order valence-corrected chi connectivity index (χ4v) is 2.64. The maximum atomic E-state index is 6.02. The van der Waals surface area contributed by atoms with Gasteiger partial charge >= 0.3 is 0 Å². The molecule has 0 radical (unpaired) electrons. The molecule has 1 fully saturated rings. The summed E-state index contributed by atoms with van der Waals surface area (Å²) in [6.07, 6.45) is 5.56. The van der Waals surface area contributed by atoms with Crippen molar-refractivity contribution in [3.8, 4) is 0 Å². The van der Waals surface area contributed by atoms with Gasteiger partial charge in [0.05, 0.1) is 12.1 Å². The first-order chi connectivity index (χ1) is 8.72. The Bertz CT molecular complexity index is 400. The summed E-state index contributed by atoms with van der Waals surface area (Å²) in [6.45, 7) is 2.11. The molecule has 1 heterocycles. The number of hydrogen-bond acceptors (Lipinski definition) is 4. The van der Waals surface area contributed by atoms with Crippen molar-refractivity contribution in [3.05, 3.63) is 17.0 Å². The van der Waals surface area contributed by atoms with E-state index in [1.54, 1.807) is 13.2 Å². The highest BCUT2D eigenvalue weighted by atomic mass is 35.5. The second kappa shape index (κ2) is 6.34. The lowest BCUT2D eigenvalue weighted by Crippen LogP contribution is -2.30. The highest BCUT2D eigenvalue weighted by Gasteiger charge is 2.27. The SMILES string of the molecule is CCCc1nc(Cl)cc(NC2CCCC2OC)n1. The van der Waals surface area contributed by atoms with Crippen molar-refractivity contribution in [2.75, 3.05) is 12.4 Å². The number of hydrogen-bond donors (Lipinski definition) is 1. The van der Waals surface area contributed by atoms with Crippen LogP contribution in [0.5, 0.6) is 0 Å². The van der Waals surface area contributed by atoms with Gasteiger partial charge in [-0.25, -0.2) is 9.97 Å². The van der Waals surface area contributed by atoms with Gasteiger partial charge in [0.2, 0.25) is 0 Å². The third kappa shape index (κ3) is 3.33. The van der Waals surface area contributed by atoms with Crippen molar-refractivity contribution < 1.29 is 4.74 Å². The van der Waals surface area contributed by atoms with E-state index in [1.165, 1.54) is 6.42 Å². The molecule has 2 atom stereocenters. The number of anilines is 1. The minimum absolute atomic E-state index is 0.272. The van der Waals surface area contributed by atoms with E-state index >= 15 is 0 Å². The maximum absolute atomic E-state index is 6.02. The molecule has 2 unspecified atom stereocenters. The molecular formula is C13H20ClN3O. The summed E-state index contributed by atoms with van der Waals surface area (Å²) in [7, 11) is 1.76. The highest BCUT2D eigenvalue weighted by Crippen LogP contribution is 2.25. The molecule has 4 nitrogen and oxygen atoms in total. The zero-order valence-electron chi connectivity index (χ0n) is 10.9. The highest BCUT2D eigenvalue weighted by molar-refractivity contribution is 6.29. The van der Waals surface area contributed by atoms with E-state index < -0.39 is 0 Å². The number of ether oxygens (including phenoxy) is 1. The molecule has 0 amide bonds. The summed E-state index contributed by atoms with van der Waals surface area (Å²) in [5, 5.41) is 3.92. The molecule has 1 aromatic rings. The minimum atomic E-state index is 0.272. The average molecular weight is 270 g/mol. The largest absolute Gasteiger partial charge is 0.379 e. The zero-order chi connectivity index (χ0) is 13.0. The average Bonchev–Trinajstić information content (AvgIpc) is 2.76. The molecule has 100 valence electrons. The summed E-state index contributed by atoms with van der Waals surface area (Å²) in [5.41, 5.74) is 0. The van der Waals surface area contributed by atoms with Crippen LogP contribution < -0.4 is 5.32 Å². The Labute approximate surface area is 113 Å². The number of rotatable bonds is 5. The number of nitrogens with zero attached hydrogens (tertiary/aromatic N) is 2. The van der Waals surface area contributed by atoms with Crippen molar-refractivity contribution in [3.63, 3.8) is 0 Å². The van der Waals surface area contributed by atoms with E-state index in [1.807, 2.05) is 0 Å². The molecule has 1 saturated carbocycles. The second-order valence-corrected chi connectivity index (χ2v) is 5.09. The summed E-state index contributed by atoms with van der Waals surface area (Å²) in [4.78, 5) is 8.71. The fourth-order valence-electron chi connectivity index (χ4n) is 2.44. The summed E-state index contributed by atoms with van der Waals surface area (Å²) >= 11 is 6.02. The molecule has 1 aromatic heterocycles. The molecule has 0 aliphatic heterocycles. The third-order valence-corrected chi connectivity index (χ3v) is 3.50. The third-order valence-electron chi connectivity index (χ3n) is 3.30. The molecule has 2 rings (SSSR count). The maximum Gasteiger partial charge on any atom is 0.134 e. The first-order valence-electron chi connectivity index (χ1n) is 6.55. The molecule has 0 aromatic carbocycles. The number of nitrogens with one attached hydrogen (secondary N) is 1. The smallest absolute Gasteiger partial charge is 0.134 e. The monoisotopic (exact) mass is 269 g/mol. The van der Waals surface area contributed by atoms with Crippen LogP contribution in [0, 0.1) is 0 Å². The lowest BCUT2D eigenvalue weighted by atomic mass is 10.2. The van der Waals surface area contributed by atoms with Gasteiger partial charge in [0, 0.05) is 19.6 Å². The van der Waals surface area contributed by atoms with Gasteiger partial charge in [0.15, 0.2) is 0 Å². The number of aryl methyl sites for hydroxylation is 1. The van der Waals surface area contributed by atoms with Crippen LogP contribution in [0.1, 0.15) is 38.4 Å². The van der Waals surface area contributed by atoms with Crippen LogP contribution in [-0.4, -0.2) is 29.2 Å². The van der Waals surface area contributed by atoms with E-state index in [4.69, 9.17) is 16.3 Å². The van der Waals surface area contributed by atoms with Crippen LogP contribution >= 0.6 is 11.6 Å². The summed E-state index contributed by atoms with van der Waals surface area (Å²) in [6, 6.07) is 2.11. The van der Waals surface area contributed by atoms with Crippen LogP contribution in [0.4, 0.5) is 5.82 Å². The topological polar surface area (TPSA) is 47.0 Å². The number of methoxy groups -OCH3 is 1. The molecule has 0 saturated heterocycles. The van der Waals surface area contributed by atoms with E-state index in [-0.39, 0.29) is 6.10 Å². The van der Waals surface area contributed by atoms with Crippen molar-refractivity contribution in [2.24, 2.45) is 0 Å². The normalized spacial score (nSPS) is 23.3. The zero-order valence-corrected chi connectivity index (χ0v) is 11.7. The van der Waals surface area contributed by atoms with E-state index in [2.05, 4.69) is 22.2 Å². The van der Waals surface area contributed by atoms with E-state index in [0.717, 1.165) is 37.3 Å². The van der Waals surface area contributed by atoms with Crippen LogP contribution in [0.15, 0.2) is 6.07 Å². The summed E-state index contributed by atoms with van der Waals surface area (Å²) in [5.74, 6) is 1.62. The predicted octanol–water partition coefficient (Wildman–Crippen LogP) is 3.06. The van der Waals surface area contributed by atoms with E-state index in [9.17, 15) is 0 Å². The van der Waals surface area contributed by atoms with Gasteiger partial charge in [-0.15, -0.1) is 0 Å². The van der Waals surface area contributed by atoms with Gasteiger partial charge < -0.3 is 10.1 Å². The fraction of sp³-hybridized carbons (Fsp3) is 0.692. The van der Waals surface area contributed by atoms with Gasteiger partial charge in [-0.1, -0.05) is 18.5 Å². The molecule has 0 spiro atoms. The lowest BCUT2D eigenvalue weighted by Gasteiger charge is -2.20. The van der Waals surface area contributed by atoms with Gasteiger partial charge in [-0.3, -0.25) is 0 Å². The van der Waals surface area contributed by atoms with Crippen LogP contribution in [0.25, 0.3) is 0 Å². The Balaban J connectivity index is 2.08. The van der Waals surface area contributed by atoms with Crippen molar-refractivity contribution in [2.45, 2.75) is 51.2 Å². The Morgan fingerprint density at radius 3 is 3.00 bits per heavy atom. The number of aromatic nitrogens is 2. The Morgan fingerprint density at radius 1 is 1.44 bits per heavy atom. The molecular weight excluding hydrogens is 250 g/mol.